The van der Waals surface area contributed by atoms with Crippen molar-refractivity contribution < 1.29 is 13.9 Å². The summed E-state index contributed by atoms with van der Waals surface area (Å²) in [6.07, 6.45) is 0.975. The normalized spacial score (nSPS) is 16.8. The minimum atomic E-state index is -0.348. The molecular formula is C17H18FNO2. The molecule has 0 aliphatic carbocycles. The molecule has 1 N–H and O–H groups in total. The second-order valence-corrected chi connectivity index (χ2v) is 5.10. The van der Waals surface area contributed by atoms with Crippen LogP contribution in [0.4, 0.5) is 10.1 Å². The fourth-order valence-electron chi connectivity index (χ4n) is 2.64. The van der Waals surface area contributed by atoms with Gasteiger partial charge in [-0.2, -0.15) is 0 Å². The monoisotopic (exact) mass is 287 g/mol. The van der Waals surface area contributed by atoms with Crippen LogP contribution >= 0.6 is 0 Å². The molecular weight excluding hydrogens is 269 g/mol. The molecule has 3 nitrogen and oxygen atoms in total. The Labute approximate surface area is 123 Å². The highest BCUT2D eigenvalue weighted by Gasteiger charge is 2.20. The molecule has 110 valence electrons. The van der Waals surface area contributed by atoms with Crippen molar-refractivity contribution in [1.29, 1.82) is 0 Å². The van der Waals surface area contributed by atoms with Gasteiger partial charge in [-0.05, 0) is 30.2 Å². The van der Waals surface area contributed by atoms with Crippen LogP contribution in [0.5, 0.6) is 11.5 Å². The maximum atomic E-state index is 13.4. The van der Waals surface area contributed by atoms with E-state index in [-0.39, 0.29) is 11.6 Å². The van der Waals surface area contributed by atoms with E-state index in [2.05, 4.69) is 11.4 Å². The van der Waals surface area contributed by atoms with Crippen LogP contribution < -0.4 is 14.8 Å². The van der Waals surface area contributed by atoms with Crippen LogP contribution in [0.3, 0.4) is 0 Å². The minimum absolute atomic E-state index is 0.257. The van der Waals surface area contributed by atoms with Gasteiger partial charge in [0.15, 0.2) is 11.6 Å². The van der Waals surface area contributed by atoms with Gasteiger partial charge in [0, 0.05) is 24.2 Å². The van der Waals surface area contributed by atoms with Gasteiger partial charge >= 0.3 is 0 Å². The number of para-hydroxylation sites is 1. The van der Waals surface area contributed by atoms with E-state index in [1.807, 2.05) is 18.2 Å². The zero-order valence-electron chi connectivity index (χ0n) is 11.9. The van der Waals surface area contributed by atoms with E-state index >= 15 is 0 Å². The second kappa shape index (κ2) is 6.04. The average molecular weight is 287 g/mol. The van der Waals surface area contributed by atoms with Crippen molar-refractivity contribution in [2.45, 2.75) is 12.3 Å². The third kappa shape index (κ3) is 2.94. The molecule has 0 aromatic heterocycles. The summed E-state index contributed by atoms with van der Waals surface area (Å²) < 4.78 is 24.1. The van der Waals surface area contributed by atoms with Gasteiger partial charge in [-0.25, -0.2) is 4.39 Å². The van der Waals surface area contributed by atoms with E-state index in [0.29, 0.717) is 5.92 Å². The molecule has 0 saturated heterocycles. The molecule has 1 heterocycles. The van der Waals surface area contributed by atoms with Gasteiger partial charge < -0.3 is 14.8 Å². The Kier molecular flexibility index (Phi) is 3.95. The van der Waals surface area contributed by atoms with Crippen molar-refractivity contribution in [3.63, 3.8) is 0 Å². The van der Waals surface area contributed by atoms with Crippen LogP contribution in [0.25, 0.3) is 0 Å². The summed E-state index contributed by atoms with van der Waals surface area (Å²) >= 11 is 0. The van der Waals surface area contributed by atoms with Crippen molar-refractivity contribution in [2.75, 3.05) is 25.6 Å². The van der Waals surface area contributed by atoms with Gasteiger partial charge in [-0.1, -0.05) is 18.2 Å². The zero-order valence-corrected chi connectivity index (χ0v) is 11.9. The Hall–Kier alpha value is -2.23. The number of ether oxygens (including phenoxy) is 2. The highest BCUT2D eigenvalue weighted by molar-refractivity contribution is 5.49. The summed E-state index contributed by atoms with van der Waals surface area (Å²) in [6, 6.07) is 12.9. The van der Waals surface area contributed by atoms with E-state index in [1.54, 1.807) is 12.1 Å². The molecule has 0 spiro atoms. The van der Waals surface area contributed by atoms with Gasteiger partial charge in [0.1, 0.15) is 5.75 Å². The molecule has 0 saturated carbocycles. The number of fused-ring (bicyclic) bond motifs is 1. The molecule has 0 amide bonds. The third-order valence-electron chi connectivity index (χ3n) is 3.79. The summed E-state index contributed by atoms with van der Waals surface area (Å²) in [5.74, 6) is 1.27. The Balaban J connectivity index is 1.71. The molecule has 1 aliphatic heterocycles. The third-order valence-corrected chi connectivity index (χ3v) is 3.79. The van der Waals surface area contributed by atoms with Gasteiger partial charge in [0.2, 0.25) is 0 Å². The number of methoxy groups -OCH3 is 1. The van der Waals surface area contributed by atoms with Crippen LogP contribution in [0.15, 0.2) is 42.5 Å². The Morgan fingerprint density at radius 2 is 2.14 bits per heavy atom. The lowest BCUT2D eigenvalue weighted by atomic mass is 9.93. The topological polar surface area (TPSA) is 30.5 Å². The van der Waals surface area contributed by atoms with Gasteiger partial charge in [0.25, 0.3) is 0 Å². The highest BCUT2D eigenvalue weighted by Crippen LogP contribution is 2.33. The molecule has 2 aromatic rings. The molecule has 1 atom stereocenters. The molecule has 3 rings (SSSR count). The lowest BCUT2D eigenvalue weighted by Gasteiger charge is -2.26. The van der Waals surface area contributed by atoms with Crippen molar-refractivity contribution in [3.8, 4) is 11.5 Å². The largest absolute Gasteiger partial charge is 0.494 e. The molecule has 1 unspecified atom stereocenters. The van der Waals surface area contributed by atoms with Crippen molar-refractivity contribution in [2.24, 2.45) is 0 Å². The number of benzene rings is 2. The van der Waals surface area contributed by atoms with Gasteiger partial charge in [-0.3, -0.25) is 0 Å². The summed E-state index contributed by atoms with van der Waals surface area (Å²) in [4.78, 5) is 0. The maximum absolute atomic E-state index is 13.4. The Bertz CT molecular complexity index is 630. The average Bonchev–Trinajstić information content (AvgIpc) is 2.54. The predicted octanol–water partition coefficient (Wildman–Crippen LogP) is 3.81. The van der Waals surface area contributed by atoms with E-state index in [0.717, 1.165) is 31.0 Å². The van der Waals surface area contributed by atoms with Crippen LogP contribution in [0, 0.1) is 5.82 Å². The summed E-state index contributed by atoms with van der Waals surface area (Å²) in [7, 11) is 1.47. The summed E-state index contributed by atoms with van der Waals surface area (Å²) in [5.41, 5.74) is 2.09. The number of hydrogen-bond donors (Lipinski definition) is 1. The zero-order chi connectivity index (χ0) is 14.7. The quantitative estimate of drug-likeness (QED) is 0.927. The standard InChI is InChI=1S/C17H18FNO2/c1-20-17-10-13(6-7-15(17)18)19-11-12-8-9-21-16-5-3-2-4-14(12)16/h2-7,10,12,19H,8-9,11H2,1H3. The van der Waals surface area contributed by atoms with Crippen molar-refractivity contribution in [3.05, 3.63) is 53.8 Å². The molecule has 2 aromatic carbocycles. The molecule has 4 heteroatoms. The first-order chi connectivity index (χ1) is 10.3. The Morgan fingerprint density at radius 3 is 3.00 bits per heavy atom. The van der Waals surface area contributed by atoms with E-state index in [4.69, 9.17) is 9.47 Å². The fraction of sp³-hybridized carbons (Fsp3) is 0.294. The minimum Gasteiger partial charge on any atom is -0.494 e. The predicted molar refractivity (Wildman–Crippen MR) is 80.7 cm³/mol. The van der Waals surface area contributed by atoms with Crippen LogP contribution in [-0.4, -0.2) is 20.3 Å². The first-order valence-electron chi connectivity index (χ1n) is 7.07. The first kappa shape index (κ1) is 13.7. The highest BCUT2D eigenvalue weighted by atomic mass is 19.1. The van der Waals surface area contributed by atoms with Gasteiger partial charge in [-0.15, -0.1) is 0 Å². The maximum Gasteiger partial charge on any atom is 0.165 e. The number of hydrogen-bond acceptors (Lipinski definition) is 3. The van der Waals surface area contributed by atoms with E-state index in [9.17, 15) is 4.39 Å². The van der Waals surface area contributed by atoms with Gasteiger partial charge in [0.05, 0.1) is 13.7 Å². The molecule has 1 aliphatic rings. The fourth-order valence-corrected chi connectivity index (χ4v) is 2.64. The molecule has 0 radical (unpaired) electrons. The molecule has 0 bridgehead atoms. The molecule has 0 fully saturated rings. The molecule has 21 heavy (non-hydrogen) atoms. The number of halogens is 1. The van der Waals surface area contributed by atoms with Crippen molar-refractivity contribution in [1.82, 2.24) is 0 Å². The number of nitrogens with one attached hydrogen (secondary N) is 1. The van der Waals surface area contributed by atoms with Crippen molar-refractivity contribution >= 4 is 5.69 Å². The summed E-state index contributed by atoms with van der Waals surface area (Å²) in [6.45, 7) is 1.52. The smallest absolute Gasteiger partial charge is 0.165 e. The van der Waals surface area contributed by atoms with E-state index in [1.165, 1.54) is 18.7 Å². The lowest BCUT2D eigenvalue weighted by molar-refractivity contribution is 0.270. The van der Waals surface area contributed by atoms with E-state index < -0.39 is 0 Å². The number of rotatable bonds is 4. The van der Waals surface area contributed by atoms with Crippen LogP contribution in [-0.2, 0) is 0 Å². The Morgan fingerprint density at radius 1 is 1.29 bits per heavy atom. The second-order valence-electron chi connectivity index (χ2n) is 5.10. The summed E-state index contributed by atoms with van der Waals surface area (Å²) in [5, 5.41) is 3.35. The first-order valence-corrected chi connectivity index (χ1v) is 7.07. The van der Waals surface area contributed by atoms with Crippen LogP contribution in [0.1, 0.15) is 17.9 Å². The number of anilines is 1. The SMILES string of the molecule is COc1cc(NCC2CCOc3ccccc32)ccc1F. The van der Waals surface area contributed by atoms with Crippen LogP contribution in [0.2, 0.25) is 0 Å². The lowest BCUT2D eigenvalue weighted by Crippen LogP contribution is -2.20.